The lowest BCUT2D eigenvalue weighted by molar-refractivity contribution is 0.0829. The van der Waals surface area contributed by atoms with Gasteiger partial charge >= 0.3 is 6.03 Å². The standard InChI is InChI=1S/C14H16F2N2O3/c15-8-4-10(16)13-11(7-21-12(13)5-8)17-14(20)18-3-1-2-9(19)6-18/h4-5,9,11,19H,1-3,6-7H2,(H,17,20)/t9-,11-/m1/s1. The molecule has 2 N–H and O–H groups in total. The lowest BCUT2D eigenvalue weighted by atomic mass is 10.1. The van der Waals surface area contributed by atoms with E-state index in [0.29, 0.717) is 13.0 Å². The Bertz CT molecular complexity index is 567. The summed E-state index contributed by atoms with van der Waals surface area (Å²) < 4.78 is 32.2. The molecule has 0 bridgehead atoms. The normalized spacial score (nSPS) is 24.4. The number of aliphatic hydroxyl groups is 1. The van der Waals surface area contributed by atoms with Gasteiger partial charge in [-0.25, -0.2) is 13.6 Å². The number of rotatable bonds is 1. The van der Waals surface area contributed by atoms with Crippen LogP contribution in [0, 0.1) is 11.6 Å². The van der Waals surface area contributed by atoms with Gasteiger partial charge in [-0.05, 0) is 12.8 Å². The Morgan fingerprint density at radius 2 is 2.24 bits per heavy atom. The number of urea groups is 1. The maximum atomic E-state index is 13.8. The molecule has 3 rings (SSSR count). The fraction of sp³-hybridized carbons (Fsp3) is 0.500. The van der Waals surface area contributed by atoms with Gasteiger partial charge < -0.3 is 20.1 Å². The number of benzene rings is 1. The Hall–Kier alpha value is -1.89. The molecular formula is C14H16F2N2O3. The number of nitrogens with zero attached hydrogens (tertiary/aromatic N) is 1. The average molecular weight is 298 g/mol. The molecule has 2 aliphatic heterocycles. The summed E-state index contributed by atoms with van der Waals surface area (Å²) in [6.45, 7) is 0.880. The molecule has 1 fully saturated rings. The molecule has 2 aliphatic rings. The SMILES string of the molecule is O=C(N[C@@H]1COc2cc(F)cc(F)c21)N1CCC[C@@H](O)C1. The van der Waals surface area contributed by atoms with E-state index in [2.05, 4.69) is 5.32 Å². The van der Waals surface area contributed by atoms with Gasteiger partial charge in [0.2, 0.25) is 0 Å². The summed E-state index contributed by atoms with van der Waals surface area (Å²) in [7, 11) is 0. The zero-order valence-corrected chi connectivity index (χ0v) is 11.3. The molecule has 0 aromatic heterocycles. The summed E-state index contributed by atoms with van der Waals surface area (Å²) >= 11 is 0. The number of carbonyl (C=O) groups is 1. The molecule has 2 atom stereocenters. The van der Waals surface area contributed by atoms with Crippen LogP contribution in [0.15, 0.2) is 12.1 Å². The predicted molar refractivity (Wildman–Crippen MR) is 69.9 cm³/mol. The van der Waals surface area contributed by atoms with Crippen molar-refractivity contribution < 1.29 is 23.4 Å². The first kappa shape index (κ1) is 14.1. The Labute approximate surface area is 120 Å². The summed E-state index contributed by atoms with van der Waals surface area (Å²) in [5, 5.41) is 12.2. The molecule has 21 heavy (non-hydrogen) atoms. The van der Waals surface area contributed by atoms with E-state index in [0.717, 1.165) is 18.6 Å². The lowest BCUT2D eigenvalue weighted by Gasteiger charge is -2.31. The Morgan fingerprint density at radius 1 is 1.43 bits per heavy atom. The van der Waals surface area contributed by atoms with Gasteiger partial charge in [-0.15, -0.1) is 0 Å². The van der Waals surface area contributed by atoms with E-state index in [-0.39, 0.29) is 30.5 Å². The molecule has 0 saturated carbocycles. The third-order valence-corrected chi connectivity index (χ3v) is 3.79. The molecule has 0 unspecified atom stereocenters. The summed E-state index contributed by atoms with van der Waals surface area (Å²) in [6, 6.07) is 0.859. The minimum Gasteiger partial charge on any atom is -0.490 e. The Balaban J connectivity index is 1.72. The third-order valence-electron chi connectivity index (χ3n) is 3.79. The predicted octanol–water partition coefficient (Wildman–Crippen LogP) is 1.56. The van der Waals surface area contributed by atoms with Crippen molar-refractivity contribution in [2.24, 2.45) is 0 Å². The highest BCUT2D eigenvalue weighted by atomic mass is 19.1. The van der Waals surface area contributed by atoms with Crippen molar-refractivity contribution in [3.05, 3.63) is 29.3 Å². The molecule has 0 aliphatic carbocycles. The van der Waals surface area contributed by atoms with Crippen molar-refractivity contribution in [3.63, 3.8) is 0 Å². The van der Waals surface area contributed by atoms with Crippen molar-refractivity contribution in [1.82, 2.24) is 10.2 Å². The smallest absolute Gasteiger partial charge is 0.318 e. The summed E-state index contributed by atoms with van der Waals surface area (Å²) in [5.74, 6) is -1.32. The zero-order chi connectivity index (χ0) is 15.0. The fourth-order valence-electron chi connectivity index (χ4n) is 2.77. The van der Waals surface area contributed by atoms with Crippen LogP contribution < -0.4 is 10.1 Å². The van der Waals surface area contributed by atoms with E-state index in [4.69, 9.17) is 4.74 Å². The number of ether oxygens (including phenoxy) is 1. The van der Waals surface area contributed by atoms with Crippen LogP contribution in [0.4, 0.5) is 13.6 Å². The molecule has 2 heterocycles. The number of β-amino-alcohol motifs (C(OH)–C–C–N with tert-alkyl or cyclic N) is 1. The first-order chi connectivity index (χ1) is 10.0. The molecular weight excluding hydrogens is 282 g/mol. The van der Waals surface area contributed by atoms with Gasteiger partial charge in [-0.2, -0.15) is 0 Å². The Morgan fingerprint density at radius 3 is 3.00 bits per heavy atom. The van der Waals surface area contributed by atoms with Crippen LogP contribution in [-0.2, 0) is 0 Å². The maximum absolute atomic E-state index is 13.8. The van der Waals surface area contributed by atoms with Crippen LogP contribution in [-0.4, -0.2) is 41.8 Å². The monoisotopic (exact) mass is 298 g/mol. The molecule has 2 amide bonds. The van der Waals surface area contributed by atoms with Crippen molar-refractivity contribution in [2.75, 3.05) is 19.7 Å². The summed E-state index contributed by atoms with van der Waals surface area (Å²) in [6.07, 6.45) is 0.876. The fourth-order valence-corrected chi connectivity index (χ4v) is 2.77. The van der Waals surface area contributed by atoms with Crippen LogP contribution in [0.3, 0.4) is 0 Å². The largest absolute Gasteiger partial charge is 0.490 e. The van der Waals surface area contributed by atoms with Crippen molar-refractivity contribution in [3.8, 4) is 5.75 Å². The molecule has 1 aromatic rings. The molecule has 0 radical (unpaired) electrons. The van der Waals surface area contributed by atoms with E-state index in [1.165, 1.54) is 4.90 Å². The van der Waals surface area contributed by atoms with Crippen LogP contribution in [0.1, 0.15) is 24.4 Å². The van der Waals surface area contributed by atoms with Crippen LogP contribution >= 0.6 is 0 Å². The molecule has 7 heteroatoms. The van der Waals surface area contributed by atoms with Crippen molar-refractivity contribution >= 4 is 6.03 Å². The van der Waals surface area contributed by atoms with E-state index >= 15 is 0 Å². The quantitative estimate of drug-likeness (QED) is 0.827. The minimum atomic E-state index is -0.730. The van der Waals surface area contributed by atoms with Gasteiger partial charge in [0.1, 0.15) is 24.0 Å². The topological polar surface area (TPSA) is 61.8 Å². The second-order valence-corrected chi connectivity index (χ2v) is 5.35. The number of aliphatic hydroxyl groups excluding tert-OH is 1. The summed E-state index contributed by atoms with van der Waals surface area (Å²) in [5.41, 5.74) is 0.169. The molecule has 5 nitrogen and oxygen atoms in total. The van der Waals surface area contributed by atoms with Crippen molar-refractivity contribution in [1.29, 1.82) is 0 Å². The van der Waals surface area contributed by atoms with E-state index in [1.807, 2.05) is 0 Å². The second-order valence-electron chi connectivity index (χ2n) is 5.35. The Kier molecular flexibility index (Phi) is 3.67. The first-order valence-corrected chi connectivity index (χ1v) is 6.90. The second kappa shape index (κ2) is 5.48. The van der Waals surface area contributed by atoms with Crippen LogP contribution in [0.5, 0.6) is 5.75 Å². The zero-order valence-electron chi connectivity index (χ0n) is 11.3. The number of hydrogen-bond donors (Lipinski definition) is 2. The van der Waals surface area contributed by atoms with Gasteiger partial charge in [0.05, 0.1) is 17.7 Å². The third kappa shape index (κ3) is 2.78. The van der Waals surface area contributed by atoms with E-state index in [9.17, 15) is 18.7 Å². The van der Waals surface area contributed by atoms with Crippen LogP contribution in [0.2, 0.25) is 0 Å². The molecule has 1 aromatic carbocycles. The highest BCUT2D eigenvalue weighted by Gasteiger charge is 2.32. The number of carbonyl (C=O) groups excluding carboxylic acids is 1. The number of hydrogen-bond acceptors (Lipinski definition) is 3. The first-order valence-electron chi connectivity index (χ1n) is 6.90. The summed E-state index contributed by atoms with van der Waals surface area (Å²) in [4.78, 5) is 13.6. The molecule has 1 saturated heterocycles. The van der Waals surface area contributed by atoms with Crippen molar-refractivity contribution in [2.45, 2.75) is 25.0 Å². The molecule has 0 spiro atoms. The van der Waals surface area contributed by atoms with Gasteiger partial charge in [0.15, 0.2) is 0 Å². The highest BCUT2D eigenvalue weighted by molar-refractivity contribution is 5.75. The number of fused-ring (bicyclic) bond motifs is 1. The van der Waals surface area contributed by atoms with E-state index in [1.54, 1.807) is 0 Å². The van der Waals surface area contributed by atoms with Gasteiger partial charge in [-0.3, -0.25) is 0 Å². The minimum absolute atomic E-state index is 0.0673. The molecule has 114 valence electrons. The van der Waals surface area contributed by atoms with Gasteiger partial charge in [0.25, 0.3) is 0 Å². The number of piperidine rings is 1. The van der Waals surface area contributed by atoms with E-state index < -0.39 is 23.8 Å². The number of likely N-dealkylation sites (tertiary alicyclic amines) is 1. The van der Waals surface area contributed by atoms with Gasteiger partial charge in [0, 0.05) is 25.2 Å². The maximum Gasteiger partial charge on any atom is 0.318 e. The average Bonchev–Trinajstić information content (AvgIpc) is 2.81. The van der Waals surface area contributed by atoms with Gasteiger partial charge in [-0.1, -0.05) is 0 Å². The number of amides is 2. The lowest BCUT2D eigenvalue weighted by Crippen LogP contribution is -2.48. The van der Waals surface area contributed by atoms with Crippen LogP contribution in [0.25, 0.3) is 0 Å². The number of halogens is 2. The highest BCUT2D eigenvalue weighted by Crippen LogP contribution is 2.35. The number of nitrogens with one attached hydrogen (secondary N) is 1.